The minimum absolute atomic E-state index is 0.746. The number of aliphatic imine (C=N–C) groups is 1. The van der Waals surface area contributed by atoms with Gasteiger partial charge in [0.2, 0.25) is 0 Å². The Bertz CT molecular complexity index is 152. The topological polar surface area (TPSA) is 18.8 Å². The molecule has 0 spiro atoms. The fourth-order valence-electron chi connectivity index (χ4n) is 1.79. The van der Waals surface area contributed by atoms with Crippen LogP contribution in [0.3, 0.4) is 0 Å². The van der Waals surface area contributed by atoms with Crippen LogP contribution < -0.4 is 0 Å². The van der Waals surface area contributed by atoms with E-state index >= 15 is 0 Å². The third kappa shape index (κ3) is 5.65. The summed E-state index contributed by atoms with van der Waals surface area (Å²) in [6.07, 6.45) is 0. The fourth-order valence-corrected chi connectivity index (χ4v) is 1.79. The second-order valence-electron chi connectivity index (χ2n) is 3.39. The number of hydrogen-bond donors (Lipinski definition) is 0. The van der Waals surface area contributed by atoms with Gasteiger partial charge in [0, 0.05) is 34.2 Å². The first kappa shape index (κ1) is 16.7. The van der Waals surface area contributed by atoms with Gasteiger partial charge in [0.25, 0.3) is 0 Å². The van der Waals surface area contributed by atoms with Crippen molar-refractivity contribution >= 4 is 5.96 Å². The van der Waals surface area contributed by atoms with Gasteiger partial charge in [-0.1, -0.05) is 34.6 Å². The number of guanidine groups is 1. The molecule has 1 saturated heterocycles. The molecule has 0 aromatic carbocycles. The molecule has 0 saturated carbocycles. The van der Waals surface area contributed by atoms with Crippen LogP contribution in [0.1, 0.15) is 34.6 Å². The molecule has 0 N–H and O–H groups in total. The summed E-state index contributed by atoms with van der Waals surface area (Å²) < 4.78 is 0. The molecule has 0 aliphatic carbocycles. The lowest BCUT2D eigenvalue weighted by Gasteiger charge is -2.37. The van der Waals surface area contributed by atoms with Gasteiger partial charge in [0.05, 0.1) is 0 Å². The van der Waals surface area contributed by atoms with E-state index in [0.717, 1.165) is 25.0 Å². The molecule has 1 rings (SSSR count). The maximum Gasteiger partial charge on any atom is 0.195 e. The van der Waals surface area contributed by atoms with Gasteiger partial charge in [-0.25, -0.2) is 0 Å². The van der Waals surface area contributed by atoms with E-state index in [-0.39, 0.29) is 0 Å². The molecule has 0 bridgehead atoms. The Labute approximate surface area is 96.2 Å². The van der Waals surface area contributed by atoms with Crippen LogP contribution in [0.4, 0.5) is 0 Å². The van der Waals surface area contributed by atoms with Crippen LogP contribution in [0.15, 0.2) is 4.99 Å². The predicted molar refractivity (Wildman–Crippen MR) is 70.5 cm³/mol. The van der Waals surface area contributed by atoms with Crippen LogP contribution in [-0.4, -0.2) is 50.0 Å². The van der Waals surface area contributed by atoms with Crippen LogP contribution in [0, 0.1) is 5.92 Å². The summed E-state index contributed by atoms with van der Waals surface area (Å²) in [4.78, 5) is 8.62. The van der Waals surface area contributed by atoms with Crippen LogP contribution in [0.2, 0.25) is 0 Å². The van der Waals surface area contributed by atoms with Gasteiger partial charge >= 0.3 is 0 Å². The highest BCUT2D eigenvalue weighted by Crippen LogP contribution is 2.09. The van der Waals surface area contributed by atoms with E-state index in [1.807, 2.05) is 34.7 Å². The highest BCUT2D eigenvalue weighted by atomic mass is 15.4. The first-order chi connectivity index (χ1) is 7.15. The maximum absolute atomic E-state index is 4.21. The molecule has 1 aliphatic rings. The average molecular weight is 215 g/mol. The Morgan fingerprint density at radius 3 is 1.60 bits per heavy atom. The van der Waals surface area contributed by atoms with Gasteiger partial charge < -0.3 is 9.80 Å². The second kappa shape index (κ2) is 9.81. The molecule has 1 heterocycles. The zero-order valence-corrected chi connectivity index (χ0v) is 11.8. The van der Waals surface area contributed by atoms with Gasteiger partial charge in [0.1, 0.15) is 0 Å². The minimum atomic E-state index is 0.746. The van der Waals surface area contributed by atoms with Gasteiger partial charge in [0.15, 0.2) is 5.96 Å². The van der Waals surface area contributed by atoms with E-state index in [1.165, 1.54) is 0 Å². The summed E-state index contributed by atoms with van der Waals surface area (Å²) in [6, 6.07) is 0. The molecule has 1 aliphatic heterocycles. The highest BCUT2D eigenvalue weighted by Gasteiger charge is 2.21. The molecule has 3 nitrogen and oxygen atoms in total. The first-order valence-corrected chi connectivity index (χ1v) is 6.04. The van der Waals surface area contributed by atoms with Gasteiger partial charge in [-0.05, 0) is 5.92 Å². The van der Waals surface area contributed by atoms with Crippen LogP contribution in [-0.2, 0) is 0 Å². The summed E-state index contributed by atoms with van der Waals surface area (Å²) in [5.41, 5.74) is 0. The lowest BCUT2D eigenvalue weighted by molar-refractivity contribution is 0.253. The Morgan fingerprint density at radius 2 is 1.33 bits per heavy atom. The molecule has 3 heteroatoms. The SMILES string of the molecule is CC.CC.CN=C1N(C)CC(C)CN1C. The zero-order valence-electron chi connectivity index (χ0n) is 11.8. The molecule has 15 heavy (non-hydrogen) atoms. The van der Waals surface area contributed by atoms with Crippen molar-refractivity contribution in [1.29, 1.82) is 0 Å². The van der Waals surface area contributed by atoms with E-state index in [9.17, 15) is 0 Å². The summed E-state index contributed by atoms with van der Waals surface area (Å²) in [6.45, 7) is 12.5. The summed E-state index contributed by atoms with van der Waals surface area (Å²) in [5, 5.41) is 0. The third-order valence-electron chi connectivity index (χ3n) is 2.05. The molecule has 0 amide bonds. The molecule has 0 aromatic heterocycles. The molecule has 0 radical (unpaired) electrons. The van der Waals surface area contributed by atoms with Crippen molar-refractivity contribution in [3.63, 3.8) is 0 Å². The van der Waals surface area contributed by atoms with E-state index in [1.54, 1.807) is 0 Å². The van der Waals surface area contributed by atoms with E-state index in [0.29, 0.717) is 0 Å². The van der Waals surface area contributed by atoms with Crippen molar-refractivity contribution in [2.75, 3.05) is 34.2 Å². The van der Waals surface area contributed by atoms with Crippen molar-refractivity contribution < 1.29 is 0 Å². The number of nitrogens with zero attached hydrogens (tertiary/aromatic N) is 3. The summed E-state index contributed by atoms with van der Waals surface area (Å²) in [5.74, 6) is 1.85. The quantitative estimate of drug-likeness (QED) is 0.618. The fraction of sp³-hybridized carbons (Fsp3) is 0.917. The molecule has 0 atom stereocenters. The highest BCUT2D eigenvalue weighted by molar-refractivity contribution is 5.80. The van der Waals surface area contributed by atoms with E-state index in [4.69, 9.17) is 0 Å². The largest absolute Gasteiger partial charge is 0.346 e. The summed E-state index contributed by atoms with van der Waals surface area (Å²) >= 11 is 0. The predicted octanol–water partition coefficient (Wildman–Crippen LogP) is 2.54. The number of hydrogen-bond acceptors (Lipinski definition) is 1. The van der Waals surface area contributed by atoms with Gasteiger partial charge in [-0.2, -0.15) is 0 Å². The first-order valence-electron chi connectivity index (χ1n) is 6.04. The van der Waals surface area contributed by atoms with Crippen LogP contribution >= 0.6 is 0 Å². The molecule has 0 unspecified atom stereocenters. The van der Waals surface area contributed by atoms with Crippen molar-refractivity contribution in [1.82, 2.24) is 9.80 Å². The second-order valence-corrected chi connectivity index (χ2v) is 3.39. The lowest BCUT2D eigenvalue weighted by Crippen LogP contribution is -2.50. The van der Waals surface area contributed by atoms with Crippen molar-refractivity contribution in [2.45, 2.75) is 34.6 Å². The monoisotopic (exact) mass is 215 g/mol. The molecular weight excluding hydrogens is 186 g/mol. The van der Waals surface area contributed by atoms with Crippen LogP contribution in [0.5, 0.6) is 0 Å². The Balaban J connectivity index is 0. The van der Waals surface area contributed by atoms with Crippen molar-refractivity contribution in [3.8, 4) is 0 Å². The van der Waals surface area contributed by atoms with E-state index < -0.39 is 0 Å². The Kier molecular flexibility index (Phi) is 10.9. The smallest absolute Gasteiger partial charge is 0.195 e. The molecule has 1 fully saturated rings. The molecular formula is C12H29N3. The Morgan fingerprint density at radius 1 is 1.00 bits per heavy atom. The van der Waals surface area contributed by atoms with Crippen molar-refractivity contribution in [3.05, 3.63) is 0 Å². The zero-order chi connectivity index (χ0) is 12.4. The normalized spacial score (nSPS) is 19.7. The Hall–Kier alpha value is -0.730. The summed E-state index contributed by atoms with van der Waals surface area (Å²) in [7, 11) is 6.03. The molecule has 0 aromatic rings. The lowest BCUT2D eigenvalue weighted by atomic mass is 10.1. The third-order valence-corrected chi connectivity index (χ3v) is 2.05. The average Bonchev–Trinajstić information content (AvgIpc) is 2.23. The van der Waals surface area contributed by atoms with Crippen molar-refractivity contribution in [2.24, 2.45) is 10.9 Å². The standard InChI is InChI=1S/C8H17N3.2C2H6/c1-7-5-10(3)8(9-2)11(4)6-7;2*1-2/h7H,5-6H2,1-4H3;2*1-2H3. The number of rotatable bonds is 0. The minimum Gasteiger partial charge on any atom is -0.346 e. The van der Waals surface area contributed by atoms with E-state index in [2.05, 4.69) is 35.8 Å². The van der Waals surface area contributed by atoms with Gasteiger partial charge in [-0.3, -0.25) is 4.99 Å². The van der Waals surface area contributed by atoms with Gasteiger partial charge in [-0.15, -0.1) is 0 Å². The van der Waals surface area contributed by atoms with Crippen LogP contribution in [0.25, 0.3) is 0 Å². The molecule has 92 valence electrons. The maximum atomic E-state index is 4.21.